The van der Waals surface area contributed by atoms with E-state index in [2.05, 4.69) is 0 Å². The van der Waals surface area contributed by atoms with E-state index in [-0.39, 0.29) is 11.6 Å². The Morgan fingerprint density at radius 1 is 1.40 bits per heavy atom. The second kappa shape index (κ2) is 3.82. The zero-order chi connectivity index (χ0) is 10.8. The highest BCUT2D eigenvalue weighted by molar-refractivity contribution is 5.38. The van der Waals surface area contributed by atoms with Crippen molar-refractivity contribution >= 4 is 5.69 Å². The standard InChI is InChI=1S/C11H11NO3/c13-11-5-4-9(7-11)8-2-1-3-10(6-8)12(14)15/h1-6,9,11,13H,7H2/t9-,11+/m0/s1. The number of allylic oxidation sites excluding steroid dienone is 1. The molecule has 0 heterocycles. The van der Waals surface area contributed by atoms with Gasteiger partial charge < -0.3 is 5.11 Å². The van der Waals surface area contributed by atoms with Gasteiger partial charge in [-0.2, -0.15) is 0 Å². The predicted molar refractivity (Wildman–Crippen MR) is 55.6 cm³/mol. The summed E-state index contributed by atoms with van der Waals surface area (Å²) in [5, 5.41) is 19.9. The third-order valence-electron chi connectivity index (χ3n) is 2.57. The molecule has 1 aliphatic rings. The van der Waals surface area contributed by atoms with Gasteiger partial charge in [0.1, 0.15) is 0 Å². The molecule has 1 aromatic carbocycles. The van der Waals surface area contributed by atoms with Crippen LogP contribution in [0.4, 0.5) is 5.69 Å². The molecule has 0 saturated carbocycles. The Labute approximate surface area is 87.0 Å². The molecule has 15 heavy (non-hydrogen) atoms. The highest BCUT2D eigenvalue weighted by Gasteiger charge is 2.19. The Morgan fingerprint density at radius 3 is 2.80 bits per heavy atom. The van der Waals surface area contributed by atoms with E-state index in [0.29, 0.717) is 6.42 Å². The molecule has 2 atom stereocenters. The van der Waals surface area contributed by atoms with Crippen molar-refractivity contribution in [2.24, 2.45) is 0 Å². The first-order valence-electron chi connectivity index (χ1n) is 4.77. The van der Waals surface area contributed by atoms with Crippen LogP contribution < -0.4 is 0 Å². The van der Waals surface area contributed by atoms with Crippen molar-refractivity contribution in [2.75, 3.05) is 0 Å². The van der Waals surface area contributed by atoms with E-state index in [1.807, 2.05) is 12.1 Å². The molecule has 4 heteroatoms. The molecule has 1 N–H and O–H groups in total. The summed E-state index contributed by atoms with van der Waals surface area (Å²) >= 11 is 0. The number of aliphatic hydroxyl groups excluding tert-OH is 1. The van der Waals surface area contributed by atoms with Gasteiger partial charge in [-0.3, -0.25) is 10.1 Å². The monoisotopic (exact) mass is 205 g/mol. The van der Waals surface area contributed by atoms with Crippen LogP contribution in [-0.4, -0.2) is 16.1 Å². The summed E-state index contributed by atoms with van der Waals surface area (Å²) in [6, 6.07) is 6.55. The van der Waals surface area contributed by atoms with Gasteiger partial charge in [0.25, 0.3) is 5.69 Å². The van der Waals surface area contributed by atoms with Crippen LogP contribution in [0.15, 0.2) is 36.4 Å². The molecule has 4 nitrogen and oxygen atoms in total. The molecule has 2 rings (SSSR count). The van der Waals surface area contributed by atoms with Crippen LogP contribution in [0.5, 0.6) is 0 Å². The van der Waals surface area contributed by atoms with Gasteiger partial charge in [0.15, 0.2) is 0 Å². The third-order valence-corrected chi connectivity index (χ3v) is 2.57. The maximum absolute atomic E-state index is 10.6. The van der Waals surface area contributed by atoms with Crippen molar-refractivity contribution < 1.29 is 10.0 Å². The van der Waals surface area contributed by atoms with Gasteiger partial charge in [0, 0.05) is 18.1 Å². The summed E-state index contributed by atoms with van der Waals surface area (Å²) in [7, 11) is 0. The van der Waals surface area contributed by atoms with Crippen molar-refractivity contribution in [2.45, 2.75) is 18.4 Å². The largest absolute Gasteiger partial charge is 0.389 e. The molecule has 0 unspecified atom stereocenters. The fraction of sp³-hybridized carbons (Fsp3) is 0.273. The van der Waals surface area contributed by atoms with Crippen LogP contribution in [-0.2, 0) is 0 Å². The van der Waals surface area contributed by atoms with E-state index in [0.717, 1.165) is 5.56 Å². The van der Waals surface area contributed by atoms with E-state index >= 15 is 0 Å². The predicted octanol–water partition coefficient (Wildman–Crippen LogP) is 2.00. The Balaban J connectivity index is 2.26. The highest BCUT2D eigenvalue weighted by atomic mass is 16.6. The number of hydrogen-bond donors (Lipinski definition) is 1. The van der Waals surface area contributed by atoms with Gasteiger partial charge in [-0.15, -0.1) is 0 Å². The number of non-ortho nitro benzene ring substituents is 1. The number of nitro benzene ring substituents is 1. The second-order valence-corrected chi connectivity index (χ2v) is 3.65. The molecule has 0 amide bonds. The van der Waals surface area contributed by atoms with Crippen molar-refractivity contribution in [3.8, 4) is 0 Å². The summed E-state index contributed by atoms with van der Waals surface area (Å²) in [5.41, 5.74) is 0.985. The van der Waals surface area contributed by atoms with E-state index in [1.54, 1.807) is 18.2 Å². The number of nitrogens with zero attached hydrogens (tertiary/aromatic N) is 1. The van der Waals surface area contributed by atoms with Crippen molar-refractivity contribution in [3.63, 3.8) is 0 Å². The van der Waals surface area contributed by atoms with E-state index < -0.39 is 11.0 Å². The van der Waals surface area contributed by atoms with Crippen LogP contribution in [0, 0.1) is 10.1 Å². The second-order valence-electron chi connectivity index (χ2n) is 3.65. The van der Waals surface area contributed by atoms with Crippen LogP contribution in [0.2, 0.25) is 0 Å². The topological polar surface area (TPSA) is 63.4 Å². The van der Waals surface area contributed by atoms with Gasteiger partial charge >= 0.3 is 0 Å². The molecule has 1 aliphatic carbocycles. The molecule has 0 fully saturated rings. The van der Waals surface area contributed by atoms with Crippen LogP contribution >= 0.6 is 0 Å². The maximum Gasteiger partial charge on any atom is 0.269 e. The minimum atomic E-state index is -0.422. The minimum absolute atomic E-state index is 0.0971. The summed E-state index contributed by atoms with van der Waals surface area (Å²) in [5.74, 6) is 0.0971. The smallest absolute Gasteiger partial charge is 0.269 e. The summed E-state index contributed by atoms with van der Waals surface area (Å²) in [4.78, 5) is 10.2. The Kier molecular flexibility index (Phi) is 2.51. The molecule has 0 aliphatic heterocycles. The lowest BCUT2D eigenvalue weighted by atomic mass is 9.98. The quantitative estimate of drug-likeness (QED) is 0.456. The average molecular weight is 205 g/mol. The molecule has 0 radical (unpaired) electrons. The van der Waals surface area contributed by atoms with Gasteiger partial charge in [0.05, 0.1) is 11.0 Å². The molecule has 0 spiro atoms. The fourth-order valence-electron chi connectivity index (χ4n) is 1.80. The number of hydrogen-bond acceptors (Lipinski definition) is 3. The first-order chi connectivity index (χ1) is 7.16. The van der Waals surface area contributed by atoms with Crippen LogP contribution in [0.1, 0.15) is 17.9 Å². The lowest BCUT2D eigenvalue weighted by molar-refractivity contribution is -0.384. The normalized spacial score (nSPS) is 24.3. The molecule has 1 aromatic rings. The van der Waals surface area contributed by atoms with Gasteiger partial charge in [-0.1, -0.05) is 24.3 Å². The fourth-order valence-corrected chi connectivity index (χ4v) is 1.80. The lowest BCUT2D eigenvalue weighted by Crippen LogP contribution is -2.01. The zero-order valence-electron chi connectivity index (χ0n) is 8.04. The molecule has 0 bridgehead atoms. The number of nitro groups is 1. The molecule has 0 aromatic heterocycles. The molecule has 0 saturated heterocycles. The van der Waals surface area contributed by atoms with Gasteiger partial charge in [0.2, 0.25) is 0 Å². The van der Waals surface area contributed by atoms with Crippen molar-refractivity contribution in [1.29, 1.82) is 0 Å². The van der Waals surface area contributed by atoms with Crippen molar-refractivity contribution in [1.82, 2.24) is 0 Å². The third kappa shape index (κ3) is 2.05. The minimum Gasteiger partial charge on any atom is -0.389 e. The first kappa shape index (κ1) is 9.86. The zero-order valence-corrected chi connectivity index (χ0v) is 8.04. The average Bonchev–Trinajstić information content (AvgIpc) is 2.65. The number of benzene rings is 1. The summed E-state index contributed by atoms with van der Waals surface area (Å²) < 4.78 is 0. The number of aliphatic hydroxyl groups is 1. The molecular weight excluding hydrogens is 194 g/mol. The van der Waals surface area contributed by atoms with Crippen LogP contribution in [0.3, 0.4) is 0 Å². The summed E-state index contributed by atoms with van der Waals surface area (Å²) in [6.45, 7) is 0. The molecular formula is C11H11NO3. The first-order valence-corrected chi connectivity index (χ1v) is 4.77. The lowest BCUT2D eigenvalue weighted by Gasteiger charge is -2.08. The Hall–Kier alpha value is -1.68. The van der Waals surface area contributed by atoms with Crippen molar-refractivity contribution in [3.05, 3.63) is 52.1 Å². The number of rotatable bonds is 2. The maximum atomic E-state index is 10.6. The van der Waals surface area contributed by atoms with Gasteiger partial charge in [-0.25, -0.2) is 0 Å². The highest BCUT2D eigenvalue weighted by Crippen LogP contribution is 2.30. The van der Waals surface area contributed by atoms with E-state index in [9.17, 15) is 15.2 Å². The van der Waals surface area contributed by atoms with E-state index in [1.165, 1.54) is 6.07 Å². The Morgan fingerprint density at radius 2 is 2.20 bits per heavy atom. The summed E-state index contributed by atoms with van der Waals surface area (Å²) in [6.07, 6.45) is 3.81. The Bertz CT molecular complexity index is 414. The molecule has 78 valence electrons. The van der Waals surface area contributed by atoms with Crippen LogP contribution in [0.25, 0.3) is 0 Å². The van der Waals surface area contributed by atoms with E-state index in [4.69, 9.17) is 0 Å². The van der Waals surface area contributed by atoms with Gasteiger partial charge in [-0.05, 0) is 12.0 Å². The SMILES string of the molecule is O=[N+]([O-])c1cccc([C@H]2C=C[C@@H](O)C2)c1.